The predicted molar refractivity (Wildman–Crippen MR) is 272 cm³/mol. The van der Waals surface area contributed by atoms with Gasteiger partial charge in [0.25, 0.3) is 11.6 Å². The van der Waals surface area contributed by atoms with Crippen molar-refractivity contribution in [3.63, 3.8) is 0 Å². The molecule has 4 aliphatic rings. The van der Waals surface area contributed by atoms with Crippen molar-refractivity contribution >= 4 is 57.1 Å². The molecule has 2 amide bonds. The largest absolute Gasteiger partial charge is 0.464 e. The lowest BCUT2D eigenvalue weighted by molar-refractivity contribution is -0.384. The number of thioether (sulfide) groups is 1. The molecule has 0 spiro atoms. The molecule has 2 saturated heterocycles. The molecule has 71 heavy (non-hydrogen) atoms. The lowest BCUT2D eigenvalue weighted by atomic mass is 9.84. The van der Waals surface area contributed by atoms with E-state index in [9.17, 15) is 24.5 Å². The van der Waals surface area contributed by atoms with Crippen molar-refractivity contribution in [2.45, 2.75) is 104 Å². The van der Waals surface area contributed by atoms with E-state index < -0.39 is 46.5 Å². The number of nitro benzene ring substituents is 1. The van der Waals surface area contributed by atoms with E-state index >= 15 is 0 Å². The van der Waals surface area contributed by atoms with Gasteiger partial charge in [0.1, 0.15) is 29.0 Å². The number of methoxy groups -OCH3 is 1. The second-order valence-corrected chi connectivity index (χ2v) is 20.7. The minimum Gasteiger partial charge on any atom is -0.464 e. The van der Waals surface area contributed by atoms with Crippen LogP contribution >= 0.6 is 11.8 Å². The number of hydrazine groups is 1. The van der Waals surface area contributed by atoms with Gasteiger partial charge in [0.05, 0.1) is 59.7 Å². The number of benzene rings is 2. The number of hydrogen-bond acceptors (Lipinski definition) is 16. The highest BCUT2D eigenvalue weighted by molar-refractivity contribution is 8.14. The zero-order valence-electron chi connectivity index (χ0n) is 42.0. The minimum atomic E-state index is -1.36. The number of fused-ring (bicyclic) bond motifs is 5. The molecule has 6 heterocycles. The lowest BCUT2D eigenvalue weighted by Gasteiger charge is -2.37. The van der Waals surface area contributed by atoms with Gasteiger partial charge in [0, 0.05) is 92.8 Å². The number of nitrogens with one attached hydrogen (secondary N) is 2. The van der Waals surface area contributed by atoms with E-state index in [2.05, 4.69) is 70.3 Å². The summed E-state index contributed by atoms with van der Waals surface area (Å²) in [6.07, 6.45) is 1.04. The number of cyclic esters (lactones) is 1. The number of rotatable bonds is 13. The first-order valence-electron chi connectivity index (χ1n) is 24.6. The number of nitrogens with zero attached hydrogens (tertiary/aromatic N) is 7. The molecule has 2 aromatic heterocycles. The molecule has 4 aromatic rings. The Balaban J connectivity index is 1.27. The molecule has 2 N–H and O–H groups in total. The topological polar surface area (TPSA) is 204 Å². The Labute approximate surface area is 419 Å². The number of pyridine rings is 1. The maximum atomic E-state index is 14.7. The summed E-state index contributed by atoms with van der Waals surface area (Å²) in [6, 6.07) is 11.2. The predicted octanol–water partition coefficient (Wildman–Crippen LogP) is 6.87. The van der Waals surface area contributed by atoms with Crippen LogP contribution in [0.5, 0.6) is 5.75 Å². The van der Waals surface area contributed by atoms with E-state index in [1.54, 1.807) is 14.0 Å². The van der Waals surface area contributed by atoms with Gasteiger partial charge in [-0.15, -0.1) is 11.8 Å². The van der Waals surface area contributed by atoms with Crippen LogP contribution in [-0.2, 0) is 41.5 Å². The van der Waals surface area contributed by atoms with Crippen molar-refractivity contribution in [2.24, 2.45) is 10.4 Å². The second-order valence-electron chi connectivity index (χ2n) is 19.7. The summed E-state index contributed by atoms with van der Waals surface area (Å²) in [7, 11) is 3.85. The lowest BCUT2D eigenvalue weighted by Crippen LogP contribution is -2.63. The van der Waals surface area contributed by atoms with Crippen LogP contribution in [-0.4, -0.2) is 144 Å². The number of carbonyl (C=O) groups is 3. The summed E-state index contributed by atoms with van der Waals surface area (Å²) >= 11 is 1.45. The molecular formula is C51H67N9O10S. The average Bonchev–Trinajstić information content (AvgIpc) is 3.96. The molecular weight excluding hydrogens is 931 g/mol. The number of likely N-dealkylation sites (N-methyl/N-ethyl adjacent to an activating group) is 1. The normalized spacial score (nSPS) is 22.5. The highest BCUT2D eigenvalue weighted by Crippen LogP contribution is 2.44. The Hall–Kier alpha value is -5.64. The number of anilines is 1. The molecule has 4 aliphatic heterocycles. The first-order valence-corrected chi connectivity index (χ1v) is 25.5. The van der Waals surface area contributed by atoms with Crippen LogP contribution in [0.25, 0.3) is 22.2 Å². The number of amides is 2. The number of aliphatic imine (C=N–C) groups is 1. The number of ether oxygens (including phenoxy) is 5. The van der Waals surface area contributed by atoms with Crippen LogP contribution in [0, 0.1) is 15.5 Å². The van der Waals surface area contributed by atoms with Crippen molar-refractivity contribution in [3.05, 3.63) is 81.7 Å². The van der Waals surface area contributed by atoms with E-state index in [1.165, 1.54) is 41.0 Å². The third kappa shape index (κ3) is 11.8. The maximum absolute atomic E-state index is 14.7. The molecule has 19 nitrogen and oxygen atoms in total. The van der Waals surface area contributed by atoms with Gasteiger partial charge in [-0.1, -0.05) is 19.9 Å². The van der Waals surface area contributed by atoms with Gasteiger partial charge in [-0.2, -0.15) is 0 Å². The van der Waals surface area contributed by atoms with Gasteiger partial charge in [-0.05, 0) is 95.5 Å². The molecule has 8 rings (SSSR count). The van der Waals surface area contributed by atoms with Crippen molar-refractivity contribution in [1.29, 1.82) is 0 Å². The summed E-state index contributed by atoms with van der Waals surface area (Å²) in [5.41, 5.74) is 9.18. The summed E-state index contributed by atoms with van der Waals surface area (Å²) < 4.78 is 32.7. The van der Waals surface area contributed by atoms with Gasteiger partial charge in [0.15, 0.2) is 0 Å². The van der Waals surface area contributed by atoms with E-state index in [-0.39, 0.29) is 49.4 Å². The molecule has 2 fully saturated rings. The fourth-order valence-electron chi connectivity index (χ4n) is 9.63. The van der Waals surface area contributed by atoms with Crippen LogP contribution in [0.4, 0.5) is 16.2 Å². The Morgan fingerprint density at radius 3 is 2.54 bits per heavy atom. The van der Waals surface area contributed by atoms with Crippen LogP contribution in [0.15, 0.2) is 59.7 Å². The van der Waals surface area contributed by atoms with Crippen molar-refractivity contribution in [3.8, 4) is 17.0 Å². The van der Waals surface area contributed by atoms with Crippen molar-refractivity contribution in [2.75, 3.05) is 77.4 Å². The first kappa shape index (κ1) is 51.7. The monoisotopic (exact) mass is 997 g/mol. The molecule has 20 heteroatoms. The third-order valence-corrected chi connectivity index (χ3v) is 14.6. The molecule has 2 aromatic carbocycles. The summed E-state index contributed by atoms with van der Waals surface area (Å²) in [5.74, 6) is -0.501. The van der Waals surface area contributed by atoms with E-state index in [0.717, 1.165) is 70.8 Å². The highest BCUT2D eigenvalue weighted by atomic mass is 32.2. The molecule has 0 aliphatic carbocycles. The fraction of sp³-hybridized carbons (Fsp3) is 0.549. The Morgan fingerprint density at radius 2 is 1.83 bits per heavy atom. The number of nitro groups is 1. The number of hydrogen-bond donors (Lipinski definition) is 2. The number of piperazine rings is 1. The van der Waals surface area contributed by atoms with E-state index in [0.29, 0.717) is 43.2 Å². The van der Waals surface area contributed by atoms with Crippen molar-refractivity contribution in [1.82, 2.24) is 30.2 Å². The van der Waals surface area contributed by atoms with Crippen LogP contribution in [0.1, 0.15) is 83.4 Å². The molecule has 382 valence electrons. The minimum absolute atomic E-state index is 0.0197. The first-order chi connectivity index (χ1) is 34.0. The standard InChI is InChI=1S/C51H67N9O10S/c1-9-67-46-44(54-50(63)70-36-15-13-34(14-16-36)60(64)65)48(61)59-18-10-11-40(55-59)49(62)69-30-51(5,6)27-39-37-25-33(41-29-71-47(46)53-41)12-17-42(37)58(23-24-68-31(2)3)45(39)38-26-35(28-52-43(38)32(4)66-8)57-21-19-56(7)20-22-57/h12-17,25-26,28,31-32,40-41,44,46,55H,9-11,18-24,27,29-30H2,1-8H3,(H,54,63)/t32-,40-,41?,44-,46-/m0/s1. The molecule has 5 atom stereocenters. The number of non-ortho nitro benzene ring substituents is 1. The third-order valence-electron chi connectivity index (χ3n) is 13.5. The van der Waals surface area contributed by atoms with Crippen LogP contribution in [0.2, 0.25) is 0 Å². The van der Waals surface area contributed by atoms with Crippen LogP contribution < -0.4 is 20.4 Å². The smallest absolute Gasteiger partial charge is 0.413 e. The summed E-state index contributed by atoms with van der Waals surface area (Å²) in [4.78, 5) is 68.4. The molecule has 1 unspecified atom stereocenters. The Bertz CT molecular complexity index is 2610. The van der Waals surface area contributed by atoms with Gasteiger partial charge in [0.2, 0.25) is 0 Å². The molecule has 0 radical (unpaired) electrons. The maximum Gasteiger partial charge on any atom is 0.413 e. The zero-order chi connectivity index (χ0) is 50.6. The zero-order valence-corrected chi connectivity index (χ0v) is 42.8. The van der Waals surface area contributed by atoms with Gasteiger partial charge in [-0.3, -0.25) is 34.7 Å². The fourth-order valence-corrected chi connectivity index (χ4v) is 10.8. The Morgan fingerprint density at radius 1 is 1.07 bits per heavy atom. The van der Waals surface area contributed by atoms with Gasteiger partial charge in [-0.25, -0.2) is 10.2 Å². The van der Waals surface area contributed by atoms with Crippen molar-refractivity contribution < 1.29 is 43.0 Å². The Kier molecular flexibility index (Phi) is 16.3. The van der Waals surface area contributed by atoms with E-state index in [4.69, 9.17) is 33.7 Å². The number of esters is 1. The quantitative estimate of drug-likeness (QED) is 0.0798. The molecule has 0 saturated carbocycles. The average molecular weight is 998 g/mol. The summed E-state index contributed by atoms with van der Waals surface area (Å²) in [5, 5.41) is 16.9. The number of aromatic nitrogens is 2. The van der Waals surface area contributed by atoms with Gasteiger partial charge < -0.3 is 43.4 Å². The highest BCUT2D eigenvalue weighted by Gasteiger charge is 2.42. The SMILES string of the molecule is CCO[C@@H]1C2=NC(CS2)c2ccc3c(c2)c(c(-c2cc(N4CCN(C)CC4)cnc2[C@H](C)OC)n3CCOC(C)C)CC(C)(C)COC(=O)[C@@H]2CCCN(N2)C(=O)[C@H]1NC(=O)Oc1ccc([N+](=O)[O-])cc1. The second kappa shape index (κ2) is 22.4. The van der Waals surface area contributed by atoms with E-state index in [1.807, 2.05) is 27.0 Å². The molecule has 6 bridgehead atoms. The van der Waals surface area contributed by atoms with Gasteiger partial charge >= 0.3 is 12.1 Å². The van der Waals surface area contributed by atoms with Crippen LogP contribution in [0.3, 0.4) is 0 Å². The summed E-state index contributed by atoms with van der Waals surface area (Å²) in [6.45, 7) is 17.2. The number of carbonyl (C=O) groups excluding carboxylic acids is 3.